The number of nitrogens with zero attached hydrogens (tertiary/aromatic N) is 2. The standard InChI is InChI=1S/C41H28F6N2/c1-39(2,27-15-21-37-33(23-27)31-7-3-5-9-35(31)48(37)29-17-11-25(12-18-29)40(42,43)44)28-16-22-38-34(24-28)32-8-4-6-10-36(32)49(38)30-19-13-26(14-20-30)41(45,46)47/h3-24H,1-2H3. The minimum Gasteiger partial charge on any atom is -0.309 e. The quantitative estimate of drug-likeness (QED) is 0.166. The summed E-state index contributed by atoms with van der Waals surface area (Å²) in [6.07, 6.45) is -8.83. The van der Waals surface area contributed by atoms with Crippen molar-refractivity contribution >= 4 is 43.6 Å². The highest BCUT2D eigenvalue weighted by Gasteiger charge is 2.31. The van der Waals surface area contributed by atoms with E-state index in [4.69, 9.17) is 0 Å². The topological polar surface area (TPSA) is 9.86 Å². The van der Waals surface area contributed by atoms with E-state index in [9.17, 15) is 26.3 Å². The Kier molecular flexibility index (Phi) is 6.76. The van der Waals surface area contributed by atoms with Gasteiger partial charge >= 0.3 is 12.4 Å². The van der Waals surface area contributed by atoms with E-state index in [1.807, 2.05) is 69.8 Å². The molecule has 0 N–H and O–H groups in total. The molecule has 0 spiro atoms. The van der Waals surface area contributed by atoms with Crippen LogP contribution in [0.25, 0.3) is 55.0 Å². The molecule has 0 aliphatic carbocycles. The molecule has 0 radical (unpaired) electrons. The van der Waals surface area contributed by atoms with Gasteiger partial charge < -0.3 is 9.13 Å². The molecular formula is C41H28F6N2. The summed E-state index contributed by atoms with van der Waals surface area (Å²) < 4.78 is 83.9. The molecule has 2 aromatic heterocycles. The second-order valence-corrected chi connectivity index (χ2v) is 12.9. The molecule has 49 heavy (non-hydrogen) atoms. The number of fused-ring (bicyclic) bond motifs is 6. The lowest BCUT2D eigenvalue weighted by Gasteiger charge is -2.27. The predicted octanol–water partition coefficient (Wildman–Crippen LogP) is 12.2. The fourth-order valence-electron chi connectivity index (χ4n) is 7.05. The molecule has 2 nitrogen and oxygen atoms in total. The minimum atomic E-state index is -4.42. The fourth-order valence-corrected chi connectivity index (χ4v) is 7.05. The van der Waals surface area contributed by atoms with Crippen molar-refractivity contribution in [3.05, 3.63) is 156 Å². The first-order chi connectivity index (χ1) is 23.3. The monoisotopic (exact) mass is 662 g/mol. The Morgan fingerprint density at radius 3 is 1.06 bits per heavy atom. The zero-order chi connectivity index (χ0) is 34.3. The van der Waals surface area contributed by atoms with E-state index < -0.39 is 28.9 Å². The Bertz CT molecular complexity index is 2350. The molecule has 0 saturated carbocycles. The van der Waals surface area contributed by atoms with Crippen molar-refractivity contribution < 1.29 is 26.3 Å². The summed E-state index contributed by atoms with van der Waals surface area (Å²) in [4.78, 5) is 0. The van der Waals surface area contributed by atoms with Crippen molar-refractivity contribution in [1.82, 2.24) is 9.13 Å². The number of halogens is 6. The van der Waals surface area contributed by atoms with Crippen molar-refractivity contribution in [3.63, 3.8) is 0 Å². The highest BCUT2D eigenvalue weighted by molar-refractivity contribution is 6.10. The minimum absolute atomic E-state index is 0.461. The largest absolute Gasteiger partial charge is 0.416 e. The average Bonchev–Trinajstić information content (AvgIpc) is 3.60. The highest BCUT2D eigenvalue weighted by atomic mass is 19.4. The van der Waals surface area contributed by atoms with Crippen LogP contribution in [0.3, 0.4) is 0 Å². The molecule has 2 heterocycles. The van der Waals surface area contributed by atoms with Crippen LogP contribution in [0.1, 0.15) is 36.1 Å². The molecule has 6 aromatic carbocycles. The Morgan fingerprint density at radius 1 is 0.367 bits per heavy atom. The van der Waals surface area contributed by atoms with Crippen molar-refractivity contribution in [3.8, 4) is 11.4 Å². The van der Waals surface area contributed by atoms with Crippen LogP contribution in [0, 0.1) is 0 Å². The van der Waals surface area contributed by atoms with E-state index in [2.05, 4.69) is 38.1 Å². The second-order valence-electron chi connectivity index (χ2n) is 12.9. The summed E-state index contributed by atoms with van der Waals surface area (Å²) >= 11 is 0. The molecule has 0 amide bonds. The average molecular weight is 663 g/mol. The molecule has 0 aliphatic rings. The van der Waals surface area contributed by atoms with Gasteiger partial charge in [-0.05, 0) is 96.1 Å². The normalized spacial score (nSPS) is 12.9. The summed E-state index contributed by atoms with van der Waals surface area (Å²) in [7, 11) is 0. The van der Waals surface area contributed by atoms with Gasteiger partial charge in [0.1, 0.15) is 0 Å². The van der Waals surface area contributed by atoms with Gasteiger partial charge in [-0.1, -0.05) is 62.4 Å². The Morgan fingerprint density at radius 2 is 0.694 bits per heavy atom. The van der Waals surface area contributed by atoms with Crippen LogP contribution in [-0.4, -0.2) is 9.13 Å². The van der Waals surface area contributed by atoms with Gasteiger partial charge in [0.05, 0.1) is 33.2 Å². The zero-order valence-corrected chi connectivity index (χ0v) is 26.4. The van der Waals surface area contributed by atoms with E-state index in [1.54, 1.807) is 0 Å². The first-order valence-corrected chi connectivity index (χ1v) is 15.7. The van der Waals surface area contributed by atoms with Gasteiger partial charge in [0.15, 0.2) is 0 Å². The van der Waals surface area contributed by atoms with Crippen LogP contribution in [0.2, 0.25) is 0 Å². The molecular weight excluding hydrogens is 634 g/mol. The van der Waals surface area contributed by atoms with Crippen LogP contribution in [-0.2, 0) is 17.8 Å². The third kappa shape index (κ3) is 4.96. The third-order valence-corrected chi connectivity index (χ3v) is 9.69. The fraction of sp³-hybridized carbons (Fsp3) is 0.122. The van der Waals surface area contributed by atoms with Gasteiger partial charge in [-0.25, -0.2) is 0 Å². The van der Waals surface area contributed by atoms with Crippen molar-refractivity contribution in [2.75, 3.05) is 0 Å². The Balaban J connectivity index is 1.25. The summed E-state index contributed by atoms with van der Waals surface area (Å²) in [6.45, 7) is 4.30. The van der Waals surface area contributed by atoms with Crippen LogP contribution < -0.4 is 0 Å². The van der Waals surface area contributed by atoms with Crippen molar-refractivity contribution in [1.29, 1.82) is 0 Å². The summed E-state index contributed by atoms with van der Waals surface area (Å²) in [6, 6.07) is 38.7. The maximum absolute atomic E-state index is 13.3. The molecule has 0 aliphatic heterocycles. The van der Waals surface area contributed by atoms with Gasteiger partial charge in [0.25, 0.3) is 0 Å². The van der Waals surface area contributed by atoms with E-state index >= 15 is 0 Å². The molecule has 0 saturated heterocycles. The van der Waals surface area contributed by atoms with E-state index in [0.29, 0.717) is 11.4 Å². The van der Waals surface area contributed by atoms with Gasteiger partial charge in [0, 0.05) is 38.3 Å². The number of para-hydroxylation sites is 2. The van der Waals surface area contributed by atoms with E-state index in [0.717, 1.165) is 79.0 Å². The van der Waals surface area contributed by atoms with E-state index in [1.165, 1.54) is 24.3 Å². The first kappa shape index (κ1) is 30.8. The molecule has 8 rings (SSSR count). The SMILES string of the molecule is CC(C)(c1ccc2c(c1)c1ccccc1n2-c1ccc(C(F)(F)F)cc1)c1ccc2c(c1)c1ccccc1n2-c1ccc(C(F)(F)F)cc1. The highest BCUT2D eigenvalue weighted by Crippen LogP contribution is 2.41. The molecule has 0 bridgehead atoms. The summed E-state index contributed by atoms with van der Waals surface area (Å²) in [5, 5.41) is 3.96. The third-order valence-electron chi connectivity index (χ3n) is 9.69. The van der Waals surface area contributed by atoms with Crippen LogP contribution in [0.4, 0.5) is 26.3 Å². The second kappa shape index (κ2) is 10.8. The zero-order valence-electron chi connectivity index (χ0n) is 26.4. The molecule has 244 valence electrons. The lowest BCUT2D eigenvalue weighted by Crippen LogP contribution is -2.18. The molecule has 0 atom stereocenters. The van der Waals surface area contributed by atoms with Crippen LogP contribution >= 0.6 is 0 Å². The first-order valence-electron chi connectivity index (χ1n) is 15.7. The van der Waals surface area contributed by atoms with Gasteiger partial charge in [-0.2, -0.15) is 26.3 Å². The summed E-state index contributed by atoms with van der Waals surface area (Å²) in [5.74, 6) is 0. The number of benzene rings is 6. The molecule has 0 fully saturated rings. The smallest absolute Gasteiger partial charge is 0.309 e. The molecule has 8 aromatic rings. The number of alkyl halides is 6. The Labute approximate surface area is 277 Å². The van der Waals surface area contributed by atoms with Crippen LogP contribution in [0.5, 0.6) is 0 Å². The lowest BCUT2D eigenvalue weighted by atomic mass is 9.77. The van der Waals surface area contributed by atoms with Gasteiger partial charge in [-0.15, -0.1) is 0 Å². The predicted molar refractivity (Wildman–Crippen MR) is 184 cm³/mol. The van der Waals surface area contributed by atoms with E-state index in [-0.39, 0.29) is 0 Å². The Hall–Kier alpha value is -5.50. The number of rotatable bonds is 4. The number of hydrogen-bond donors (Lipinski definition) is 0. The van der Waals surface area contributed by atoms with Crippen molar-refractivity contribution in [2.45, 2.75) is 31.6 Å². The van der Waals surface area contributed by atoms with Crippen molar-refractivity contribution in [2.24, 2.45) is 0 Å². The van der Waals surface area contributed by atoms with Gasteiger partial charge in [0.2, 0.25) is 0 Å². The lowest BCUT2D eigenvalue weighted by molar-refractivity contribution is -0.138. The van der Waals surface area contributed by atoms with Gasteiger partial charge in [-0.3, -0.25) is 0 Å². The number of aromatic nitrogens is 2. The van der Waals surface area contributed by atoms with Crippen LogP contribution in [0.15, 0.2) is 133 Å². The maximum atomic E-state index is 13.3. The maximum Gasteiger partial charge on any atom is 0.416 e. The number of hydrogen-bond acceptors (Lipinski definition) is 0. The molecule has 0 unspecified atom stereocenters. The summed E-state index contributed by atoms with van der Waals surface area (Å²) in [5.41, 5.74) is 5.10. The molecule has 8 heteroatoms.